The zero-order valence-electron chi connectivity index (χ0n) is 37.5. The molecule has 0 aliphatic heterocycles. The average molecular weight is 855 g/mol. The molecule has 0 spiro atoms. The Morgan fingerprint density at radius 2 is 0.797 bits per heavy atom. The maximum absolute atomic E-state index is 12.4. The van der Waals surface area contributed by atoms with Gasteiger partial charge in [-0.05, 0) is 70.6 Å². The molecule has 0 aromatic rings. The van der Waals surface area contributed by atoms with Crippen LogP contribution in [0.3, 0.4) is 0 Å². The van der Waals surface area contributed by atoms with Gasteiger partial charge in [-0.15, -0.1) is 0 Å². The van der Waals surface area contributed by atoms with E-state index in [0.717, 1.165) is 70.6 Å². The van der Waals surface area contributed by atoms with Gasteiger partial charge in [0, 0.05) is 12.8 Å². The molecular weight excluding hydrogens is 767 g/mol. The molecule has 0 heterocycles. The van der Waals surface area contributed by atoms with Crippen molar-refractivity contribution < 1.29 is 47.8 Å². The van der Waals surface area contributed by atoms with Crippen LogP contribution in [0.15, 0.2) is 48.6 Å². The van der Waals surface area contributed by atoms with Gasteiger partial charge < -0.3 is 24.6 Å². The summed E-state index contributed by atoms with van der Waals surface area (Å²) < 4.78 is 32.6. The lowest BCUT2D eigenvalue weighted by Gasteiger charge is -2.20. The van der Waals surface area contributed by atoms with Crippen molar-refractivity contribution >= 4 is 19.8 Å². The summed E-state index contributed by atoms with van der Waals surface area (Å²) >= 11 is 0. The molecule has 3 unspecified atom stereocenters. The van der Waals surface area contributed by atoms with E-state index in [-0.39, 0.29) is 12.8 Å². The Morgan fingerprint density at radius 1 is 0.475 bits per heavy atom. The number of hydrogen-bond donors (Lipinski definition) is 3. The fourth-order valence-corrected chi connectivity index (χ4v) is 7.20. The zero-order valence-corrected chi connectivity index (χ0v) is 38.4. The first-order valence-electron chi connectivity index (χ1n) is 23.6. The average Bonchev–Trinajstić information content (AvgIpc) is 3.22. The second-order valence-electron chi connectivity index (χ2n) is 15.7. The number of carbonyl (C=O) groups is 2. The molecule has 59 heavy (non-hydrogen) atoms. The van der Waals surface area contributed by atoms with E-state index in [2.05, 4.69) is 62.5 Å². The van der Waals surface area contributed by atoms with Crippen LogP contribution in [-0.4, -0.2) is 65.7 Å². The Balaban J connectivity index is 3.89. The maximum Gasteiger partial charge on any atom is 0.472 e. The number of ether oxygens (including phenoxy) is 2. The molecule has 344 valence electrons. The Labute approximate surface area is 360 Å². The fourth-order valence-electron chi connectivity index (χ4n) is 6.42. The minimum atomic E-state index is -4.64. The van der Waals surface area contributed by atoms with Gasteiger partial charge in [-0.1, -0.05) is 172 Å². The number of esters is 2. The maximum atomic E-state index is 12.4. The number of allylic oxidation sites excluding steroid dienone is 8. The summed E-state index contributed by atoms with van der Waals surface area (Å²) in [4.78, 5) is 34.6. The van der Waals surface area contributed by atoms with Crippen LogP contribution in [0.25, 0.3) is 0 Å². The van der Waals surface area contributed by atoms with E-state index in [1.165, 1.54) is 96.3 Å². The second kappa shape index (κ2) is 44.0. The molecule has 3 N–H and O–H groups in total. The summed E-state index contributed by atoms with van der Waals surface area (Å²) in [6.07, 6.45) is 47.9. The van der Waals surface area contributed by atoms with Crippen molar-refractivity contribution in [1.29, 1.82) is 0 Å². The van der Waals surface area contributed by atoms with E-state index < -0.39 is 58.4 Å². The molecule has 10 nitrogen and oxygen atoms in total. The molecule has 0 saturated carbocycles. The van der Waals surface area contributed by atoms with E-state index in [1.54, 1.807) is 0 Å². The summed E-state index contributed by atoms with van der Waals surface area (Å²) in [5, 5.41) is 19.2. The van der Waals surface area contributed by atoms with Gasteiger partial charge >= 0.3 is 19.8 Å². The third kappa shape index (κ3) is 42.4. The van der Waals surface area contributed by atoms with Crippen LogP contribution in [0.4, 0.5) is 0 Å². The van der Waals surface area contributed by atoms with Crippen molar-refractivity contribution in [2.75, 3.05) is 26.4 Å². The molecule has 0 radical (unpaired) electrons. The summed E-state index contributed by atoms with van der Waals surface area (Å²) in [6, 6.07) is 0. The first-order valence-corrected chi connectivity index (χ1v) is 25.1. The first-order chi connectivity index (χ1) is 28.8. The van der Waals surface area contributed by atoms with Gasteiger partial charge in [-0.2, -0.15) is 0 Å². The minimum absolute atomic E-state index is 0.180. The van der Waals surface area contributed by atoms with Crippen molar-refractivity contribution in [3.63, 3.8) is 0 Å². The highest BCUT2D eigenvalue weighted by Gasteiger charge is 2.27. The first kappa shape index (κ1) is 56.9. The highest BCUT2D eigenvalue weighted by molar-refractivity contribution is 7.47. The molecular formula is C48H87O10P. The van der Waals surface area contributed by atoms with Crippen LogP contribution in [0.5, 0.6) is 0 Å². The molecule has 0 aliphatic carbocycles. The van der Waals surface area contributed by atoms with E-state index in [4.69, 9.17) is 18.5 Å². The molecule has 0 rings (SSSR count). The number of unbranched alkanes of at least 4 members (excludes halogenated alkanes) is 22. The number of hydrogen-bond acceptors (Lipinski definition) is 9. The van der Waals surface area contributed by atoms with E-state index in [1.807, 2.05) is 0 Å². The standard InChI is InChI=1S/C48H87O10P/c1-3-5-7-9-11-13-15-17-19-21-22-24-26-28-30-32-34-36-38-40-48(52)58-46(42-50)44-56-59(53,54)55-43-45(41-49)57-47(51)39-37-35-33-31-29-27-25-23-20-18-16-14-12-10-8-6-4-2/h6,8,12,14,17-20,45-46,49-50H,3-5,7,9-11,13,15-16,21-44H2,1-2H3,(H,53,54)/b8-6-,14-12-,19-17-,20-18-. The predicted molar refractivity (Wildman–Crippen MR) is 242 cm³/mol. The highest BCUT2D eigenvalue weighted by atomic mass is 31.2. The Bertz CT molecular complexity index is 1120. The molecule has 3 atom stereocenters. The summed E-state index contributed by atoms with van der Waals surface area (Å²) in [5.41, 5.74) is 0. The van der Waals surface area contributed by atoms with Crippen molar-refractivity contribution in [3.05, 3.63) is 48.6 Å². The van der Waals surface area contributed by atoms with Crippen molar-refractivity contribution in [2.45, 2.75) is 219 Å². The number of phosphoric acid groups is 1. The molecule has 0 bridgehead atoms. The largest absolute Gasteiger partial charge is 0.472 e. The molecule has 0 aromatic carbocycles. The van der Waals surface area contributed by atoms with Crippen molar-refractivity contribution in [3.8, 4) is 0 Å². The van der Waals surface area contributed by atoms with Crippen molar-refractivity contribution in [1.82, 2.24) is 0 Å². The molecule has 0 saturated heterocycles. The lowest BCUT2D eigenvalue weighted by molar-refractivity contribution is -0.153. The lowest BCUT2D eigenvalue weighted by Crippen LogP contribution is -2.28. The van der Waals surface area contributed by atoms with Crippen LogP contribution < -0.4 is 0 Å². The van der Waals surface area contributed by atoms with Gasteiger partial charge in [-0.3, -0.25) is 18.6 Å². The second-order valence-corrected chi connectivity index (χ2v) is 17.2. The number of rotatable bonds is 44. The smallest absolute Gasteiger partial charge is 0.457 e. The van der Waals surface area contributed by atoms with Gasteiger partial charge in [0.2, 0.25) is 0 Å². The number of aliphatic hydroxyl groups is 2. The van der Waals surface area contributed by atoms with Crippen molar-refractivity contribution in [2.24, 2.45) is 0 Å². The Morgan fingerprint density at radius 3 is 1.17 bits per heavy atom. The number of phosphoric ester groups is 1. The van der Waals surface area contributed by atoms with Gasteiger partial charge in [0.15, 0.2) is 0 Å². The molecule has 0 aliphatic rings. The Hall–Kier alpha value is -2.07. The quantitative estimate of drug-likeness (QED) is 0.0234. The van der Waals surface area contributed by atoms with Crippen LogP contribution in [-0.2, 0) is 32.7 Å². The topological polar surface area (TPSA) is 149 Å². The van der Waals surface area contributed by atoms with Crippen LogP contribution in [0, 0.1) is 0 Å². The molecule has 0 fully saturated rings. The molecule has 0 aromatic heterocycles. The fraction of sp³-hybridized carbons (Fsp3) is 0.792. The van der Waals surface area contributed by atoms with E-state index in [0.29, 0.717) is 12.8 Å². The van der Waals surface area contributed by atoms with Gasteiger partial charge in [0.25, 0.3) is 0 Å². The van der Waals surface area contributed by atoms with Crippen LogP contribution >= 0.6 is 7.82 Å². The van der Waals surface area contributed by atoms with Gasteiger partial charge in [0.1, 0.15) is 12.2 Å². The predicted octanol–water partition coefficient (Wildman–Crippen LogP) is 12.9. The van der Waals surface area contributed by atoms with Crippen LogP contribution in [0.1, 0.15) is 206 Å². The highest BCUT2D eigenvalue weighted by Crippen LogP contribution is 2.43. The molecule has 11 heteroatoms. The SMILES string of the molecule is CC/C=C\C/C=C\C/C=C\CCCCCCCCCC(=O)OC(CO)COP(=O)(O)OCC(CO)OC(=O)CCCCCCCCCCC/C=C\CCCCCCCC. The third-order valence-corrected chi connectivity index (χ3v) is 11.0. The normalized spacial score (nSPS) is 14.2. The minimum Gasteiger partial charge on any atom is -0.457 e. The van der Waals surface area contributed by atoms with Gasteiger partial charge in [-0.25, -0.2) is 4.57 Å². The van der Waals surface area contributed by atoms with Crippen LogP contribution in [0.2, 0.25) is 0 Å². The third-order valence-electron chi connectivity index (χ3n) is 10.0. The summed E-state index contributed by atoms with van der Waals surface area (Å²) in [6.45, 7) is 2.10. The summed E-state index contributed by atoms with van der Waals surface area (Å²) in [7, 11) is -4.64. The summed E-state index contributed by atoms with van der Waals surface area (Å²) in [5.74, 6) is -1.03. The lowest BCUT2D eigenvalue weighted by atomic mass is 10.1. The zero-order chi connectivity index (χ0) is 43.3. The van der Waals surface area contributed by atoms with E-state index in [9.17, 15) is 29.3 Å². The molecule has 0 amide bonds. The van der Waals surface area contributed by atoms with Gasteiger partial charge in [0.05, 0.1) is 26.4 Å². The Kier molecular flexibility index (Phi) is 42.5. The van der Waals surface area contributed by atoms with E-state index >= 15 is 0 Å². The monoisotopic (exact) mass is 855 g/mol. The number of aliphatic hydroxyl groups excluding tert-OH is 2. The number of carbonyl (C=O) groups excluding carboxylic acids is 2.